The zero-order chi connectivity index (χ0) is 15.4. The molecule has 0 spiro atoms. The summed E-state index contributed by atoms with van der Waals surface area (Å²) in [5, 5.41) is 15.1. The minimum Gasteiger partial charge on any atom is -0.484 e. The monoisotopic (exact) mass is 310 g/mol. The number of hydrogen-bond donors (Lipinski definition) is 2. The van der Waals surface area contributed by atoms with Gasteiger partial charge in [-0.3, -0.25) is 10.1 Å². The Hall–Kier alpha value is -2.54. The van der Waals surface area contributed by atoms with Gasteiger partial charge in [0, 0.05) is 6.07 Å². The topological polar surface area (TPSA) is 102 Å². The van der Waals surface area contributed by atoms with Crippen LogP contribution in [-0.4, -0.2) is 28.7 Å². The summed E-state index contributed by atoms with van der Waals surface area (Å²) in [5.41, 5.74) is 0.537. The summed E-state index contributed by atoms with van der Waals surface area (Å²) < 4.78 is 10.0. The summed E-state index contributed by atoms with van der Waals surface area (Å²) in [7, 11) is 0. The third-order valence-electron chi connectivity index (χ3n) is 2.43. The highest BCUT2D eigenvalue weighted by molar-refractivity contribution is 6.33. The second-order valence-electron chi connectivity index (χ2n) is 4.12. The van der Waals surface area contributed by atoms with Crippen LogP contribution >= 0.6 is 11.6 Å². The molecule has 0 unspecified atom stereocenters. The first-order valence-corrected chi connectivity index (χ1v) is 6.22. The molecule has 2 N–H and O–H groups in total. The molecule has 0 fully saturated rings. The van der Waals surface area contributed by atoms with Crippen LogP contribution in [0.25, 0.3) is 0 Å². The fourth-order valence-corrected chi connectivity index (χ4v) is 1.70. The second kappa shape index (κ2) is 6.27. The van der Waals surface area contributed by atoms with Crippen molar-refractivity contribution in [2.24, 2.45) is 0 Å². The van der Waals surface area contributed by atoms with Gasteiger partial charge in [0.15, 0.2) is 6.61 Å². The van der Waals surface area contributed by atoms with Gasteiger partial charge >= 0.3 is 5.97 Å². The van der Waals surface area contributed by atoms with E-state index < -0.39 is 11.9 Å². The smallest absolute Gasteiger partial charge is 0.337 e. The zero-order valence-corrected chi connectivity index (χ0v) is 11.7. The highest BCUT2D eigenvalue weighted by Crippen LogP contribution is 2.22. The Labute approximate surface area is 124 Å². The van der Waals surface area contributed by atoms with E-state index in [1.165, 1.54) is 18.2 Å². The molecule has 21 heavy (non-hydrogen) atoms. The van der Waals surface area contributed by atoms with Crippen molar-refractivity contribution in [1.82, 2.24) is 5.16 Å². The van der Waals surface area contributed by atoms with Crippen molar-refractivity contribution in [2.75, 3.05) is 11.9 Å². The summed E-state index contributed by atoms with van der Waals surface area (Å²) in [6, 6.07) is 5.66. The number of benzene rings is 1. The number of carbonyl (C=O) groups excluding carboxylic acids is 1. The van der Waals surface area contributed by atoms with Crippen molar-refractivity contribution < 1.29 is 24.0 Å². The van der Waals surface area contributed by atoms with Crippen LogP contribution in [0.2, 0.25) is 5.02 Å². The molecule has 2 rings (SSSR count). The number of hydrogen-bond acceptors (Lipinski definition) is 5. The molecule has 0 aliphatic carbocycles. The van der Waals surface area contributed by atoms with Crippen LogP contribution in [0.5, 0.6) is 5.75 Å². The first-order valence-electron chi connectivity index (χ1n) is 5.84. The molecule has 0 aliphatic heterocycles. The van der Waals surface area contributed by atoms with E-state index in [9.17, 15) is 9.59 Å². The fourth-order valence-electron chi connectivity index (χ4n) is 1.50. The summed E-state index contributed by atoms with van der Waals surface area (Å²) in [6.45, 7) is 1.41. The maximum Gasteiger partial charge on any atom is 0.337 e. The molecular weight excluding hydrogens is 300 g/mol. The van der Waals surface area contributed by atoms with Crippen LogP contribution in [0.1, 0.15) is 16.1 Å². The van der Waals surface area contributed by atoms with E-state index in [1.54, 1.807) is 13.0 Å². The number of aromatic nitrogens is 1. The zero-order valence-electron chi connectivity index (χ0n) is 10.9. The van der Waals surface area contributed by atoms with Crippen molar-refractivity contribution in [3.05, 3.63) is 40.5 Å². The van der Waals surface area contributed by atoms with E-state index in [-0.39, 0.29) is 28.8 Å². The SMILES string of the molecule is Cc1cc(NC(=O)COc2ccc(Cl)c(C(=O)O)c2)on1. The third-order valence-corrected chi connectivity index (χ3v) is 2.76. The molecule has 1 amide bonds. The van der Waals surface area contributed by atoms with Crippen LogP contribution in [0.4, 0.5) is 5.88 Å². The molecule has 1 aromatic carbocycles. The number of aryl methyl sites for hydroxylation is 1. The lowest BCUT2D eigenvalue weighted by molar-refractivity contribution is -0.118. The number of carboxylic acids is 1. The quantitative estimate of drug-likeness (QED) is 0.879. The third kappa shape index (κ3) is 3.96. The van der Waals surface area contributed by atoms with Crippen molar-refractivity contribution in [2.45, 2.75) is 6.92 Å². The van der Waals surface area contributed by atoms with Crippen LogP contribution < -0.4 is 10.1 Å². The Bertz CT molecular complexity index is 683. The molecule has 110 valence electrons. The second-order valence-corrected chi connectivity index (χ2v) is 4.52. The number of halogens is 1. The summed E-state index contributed by atoms with van der Waals surface area (Å²) in [4.78, 5) is 22.5. The average molecular weight is 311 g/mol. The summed E-state index contributed by atoms with van der Waals surface area (Å²) in [6.07, 6.45) is 0. The summed E-state index contributed by atoms with van der Waals surface area (Å²) in [5.74, 6) is -1.20. The predicted octanol–water partition coefficient (Wildman–Crippen LogP) is 2.35. The van der Waals surface area contributed by atoms with Crippen molar-refractivity contribution >= 4 is 29.4 Å². The van der Waals surface area contributed by atoms with E-state index in [2.05, 4.69) is 10.5 Å². The van der Waals surface area contributed by atoms with E-state index in [4.69, 9.17) is 26.0 Å². The van der Waals surface area contributed by atoms with Gasteiger partial charge in [0.1, 0.15) is 5.75 Å². The van der Waals surface area contributed by atoms with E-state index in [0.29, 0.717) is 5.69 Å². The Morgan fingerprint density at radius 2 is 2.19 bits per heavy atom. The molecule has 2 aromatic rings. The largest absolute Gasteiger partial charge is 0.484 e. The first kappa shape index (κ1) is 14.9. The van der Waals surface area contributed by atoms with Gasteiger partial charge < -0.3 is 14.4 Å². The number of nitrogens with one attached hydrogen (secondary N) is 1. The van der Waals surface area contributed by atoms with E-state index in [1.807, 2.05) is 0 Å². The average Bonchev–Trinajstić information content (AvgIpc) is 2.82. The summed E-state index contributed by atoms with van der Waals surface area (Å²) >= 11 is 5.73. The molecule has 0 saturated heterocycles. The molecule has 0 atom stereocenters. The standard InChI is InChI=1S/C13H11ClN2O5/c1-7-4-12(21-16-7)15-11(17)6-20-8-2-3-10(14)9(5-8)13(18)19/h2-5H,6H2,1H3,(H,15,17)(H,18,19). The predicted molar refractivity (Wildman–Crippen MR) is 73.8 cm³/mol. The van der Waals surface area contributed by atoms with Crippen LogP contribution in [-0.2, 0) is 4.79 Å². The molecule has 0 saturated carbocycles. The number of rotatable bonds is 5. The van der Waals surface area contributed by atoms with Gasteiger partial charge in [-0.2, -0.15) is 0 Å². The number of amides is 1. The Morgan fingerprint density at radius 3 is 2.81 bits per heavy atom. The van der Waals surface area contributed by atoms with Crippen molar-refractivity contribution in [1.29, 1.82) is 0 Å². The molecule has 0 aliphatic rings. The highest BCUT2D eigenvalue weighted by atomic mass is 35.5. The molecule has 8 heteroatoms. The van der Waals surface area contributed by atoms with Crippen molar-refractivity contribution in [3.8, 4) is 5.75 Å². The lowest BCUT2D eigenvalue weighted by Gasteiger charge is -2.07. The number of carboxylic acid groups (broad SMARTS) is 1. The molecular formula is C13H11ClN2O5. The van der Waals surface area contributed by atoms with Gasteiger partial charge in [0.2, 0.25) is 5.88 Å². The lowest BCUT2D eigenvalue weighted by atomic mass is 10.2. The van der Waals surface area contributed by atoms with Gasteiger partial charge in [0.05, 0.1) is 16.3 Å². The molecule has 1 aromatic heterocycles. The van der Waals surface area contributed by atoms with Gasteiger partial charge in [0.25, 0.3) is 5.91 Å². The number of anilines is 1. The molecule has 1 heterocycles. The maximum absolute atomic E-state index is 11.6. The molecule has 0 radical (unpaired) electrons. The number of carbonyl (C=O) groups is 2. The van der Waals surface area contributed by atoms with Crippen LogP contribution in [0, 0.1) is 6.92 Å². The normalized spacial score (nSPS) is 10.2. The highest BCUT2D eigenvalue weighted by Gasteiger charge is 2.11. The molecule has 0 bridgehead atoms. The number of aromatic carboxylic acids is 1. The van der Waals surface area contributed by atoms with Gasteiger partial charge in [-0.15, -0.1) is 0 Å². The van der Waals surface area contributed by atoms with Gasteiger partial charge in [-0.25, -0.2) is 4.79 Å². The number of nitrogens with zero attached hydrogens (tertiary/aromatic N) is 1. The van der Waals surface area contributed by atoms with Crippen LogP contribution in [0.3, 0.4) is 0 Å². The Balaban J connectivity index is 1.95. The first-order chi connectivity index (χ1) is 9.95. The minimum atomic E-state index is -1.17. The van der Waals surface area contributed by atoms with Gasteiger partial charge in [-0.1, -0.05) is 16.8 Å². The molecule has 7 nitrogen and oxygen atoms in total. The maximum atomic E-state index is 11.6. The van der Waals surface area contributed by atoms with Gasteiger partial charge in [-0.05, 0) is 25.1 Å². The Morgan fingerprint density at radius 1 is 1.43 bits per heavy atom. The fraction of sp³-hybridized carbons (Fsp3) is 0.154. The van der Waals surface area contributed by atoms with Crippen LogP contribution in [0.15, 0.2) is 28.8 Å². The van der Waals surface area contributed by atoms with Crippen molar-refractivity contribution in [3.63, 3.8) is 0 Å². The lowest BCUT2D eigenvalue weighted by Crippen LogP contribution is -2.19. The number of ether oxygens (including phenoxy) is 1. The van der Waals surface area contributed by atoms with E-state index >= 15 is 0 Å². The minimum absolute atomic E-state index is 0.0939. The Kier molecular flexibility index (Phi) is 4.44. The van der Waals surface area contributed by atoms with E-state index in [0.717, 1.165) is 0 Å².